The van der Waals surface area contributed by atoms with Crippen molar-refractivity contribution in [2.45, 2.75) is 0 Å². The first-order chi connectivity index (χ1) is 9.24. The largest absolute Gasteiger partial charge is 0.327 e. The highest BCUT2D eigenvalue weighted by atomic mass is 32.1. The summed E-state index contributed by atoms with van der Waals surface area (Å²) < 4.78 is 1.81. The Bertz CT molecular complexity index is 816. The molecule has 1 amide bonds. The standard InChI is InChI=1S/C14H11N3OS/c1-17-8-9-19-14(17)16-13(18)12-7-6-10-4-2-3-5-11(10)15-12/h2-9H,1H3. The quantitative estimate of drug-likeness (QED) is 0.681. The third kappa shape index (κ3) is 2.32. The normalized spacial score (nSPS) is 11.9. The zero-order valence-electron chi connectivity index (χ0n) is 10.3. The molecule has 0 radical (unpaired) electrons. The van der Waals surface area contributed by atoms with Gasteiger partial charge in [-0.1, -0.05) is 24.3 Å². The number of para-hydroxylation sites is 1. The molecule has 0 aliphatic rings. The van der Waals surface area contributed by atoms with E-state index in [0.717, 1.165) is 10.9 Å². The van der Waals surface area contributed by atoms with Crippen LogP contribution in [0.3, 0.4) is 0 Å². The maximum Gasteiger partial charge on any atom is 0.298 e. The lowest BCUT2D eigenvalue weighted by atomic mass is 10.2. The van der Waals surface area contributed by atoms with Crippen LogP contribution in [0.25, 0.3) is 10.9 Å². The Balaban J connectivity index is 2.05. The fourth-order valence-electron chi connectivity index (χ4n) is 1.76. The summed E-state index contributed by atoms with van der Waals surface area (Å²) in [5.41, 5.74) is 1.17. The van der Waals surface area contributed by atoms with E-state index in [2.05, 4.69) is 9.98 Å². The minimum atomic E-state index is -0.316. The zero-order valence-corrected chi connectivity index (χ0v) is 11.1. The number of hydrogen-bond donors (Lipinski definition) is 0. The number of aromatic nitrogens is 2. The second-order valence-corrected chi connectivity index (χ2v) is 4.98. The van der Waals surface area contributed by atoms with Crippen LogP contribution in [0.2, 0.25) is 0 Å². The molecule has 3 aromatic rings. The lowest BCUT2D eigenvalue weighted by Crippen LogP contribution is -2.13. The third-order valence-electron chi connectivity index (χ3n) is 2.77. The molecule has 0 bridgehead atoms. The van der Waals surface area contributed by atoms with Crippen molar-refractivity contribution in [2.24, 2.45) is 12.0 Å². The Kier molecular flexibility index (Phi) is 2.97. The van der Waals surface area contributed by atoms with E-state index < -0.39 is 0 Å². The number of thiazole rings is 1. The molecule has 0 atom stereocenters. The lowest BCUT2D eigenvalue weighted by Gasteiger charge is -1.98. The van der Waals surface area contributed by atoms with E-state index in [1.54, 1.807) is 6.07 Å². The number of aryl methyl sites for hydroxylation is 1. The molecule has 1 aromatic carbocycles. The average Bonchev–Trinajstić information content (AvgIpc) is 2.84. The smallest absolute Gasteiger partial charge is 0.298 e. The van der Waals surface area contributed by atoms with Gasteiger partial charge in [0.1, 0.15) is 5.69 Å². The Labute approximate surface area is 113 Å². The van der Waals surface area contributed by atoms with Crippen LogP contribution in [-0.4, -0.2) is 15.5 Å². The minimum Gasteiger partial charge on any atom is -0.327 e. The first-order valence-electron chi connectivity index (χ1n) is 5.79. The summed E-state index contributed by atoms with van der Waals surface area (Å²) in [4.78, 5) is 21.2. The van der Waals surface area contributed by atoms with E-state index in [4.69, 9.17) is 0 Å². The topological polar surface area (TPSA) is 47.2 Å². The molecule has 5 heteroatoms. The Morgan fingerprint density at radius 1 is 1.26 bits per heavy atom. The van der Waals surface area contributed by atoms with Gasteiger partial charge < -0.3 is 4.57 Å². The number of pyridine rings is 1. The summed E-state index contributed by atoms with van der Waals surface area (Å²) in [5.74, 6) is -0.316. The second-order valence-electron chi connectivity index (χ2n) is 4.10. The van der Waals surface area contributed by atoms with E-state index in [9.17, 15) is 4.79 Å². The molecule has 3 rings (SSSR count). The van der Waals surface area contributed by atoms with Gasteiger partial charge >= 0.3 is 0 Å². The maximum atomic E-state index is 12.1. The molecule has 0 aliphatic carbocycles. The van der Waals surface area contributed by atoms with E-state index in [1.807, 2.05) is 53.5 Å². The fraction of sp³-hybridized carbons (Fsp3) is 0.0714. The Morgan fingerprint density at radius 2 is 2.11 bits per heavy atom. The molecule has 2 aromatic heterocycles. The lowest BCUT2D eigenvalue weighted by molar-refractivity contribution is 0.0993. The number of fused-ring (bicyclic) bond motifs is 1. The third-order valence-corrected chi connectivity index (χ3v) is 3.62. The fourth-order valence-corrected chi connectivity index (χ4v) is 2.49. The highest BCUT2D eigenvalue weighted by molar-refractivity contribution is 7.07. The van der Waals surface area contributed by atoms with Gasteiger partial charge in [-0.2, -0.15) is 4.99 Å². The summed E-state index contributed by atoms with van der Waals surface area (Å²) >= 11 is 1.42. The van der Waals surface area contributed by atoms with Crippen LogP contribution in [0.1, 0.15) is 10.5 Å². The first-order valence-corrected chi connectivity index (χ1v) is 6.67. The zero-order chi connectivity index (χ0) is 13.2. The van der Waals surface area contributed by atoms with E-state index >= 15 is 0 Å². The molecule has 2 heterocycles. The van der Waals surface area contributed by atoms with Crippen molar-refractivity contribution >= 4 is 28.1 Å². The van der Waals surface area contributed by atoms with Gasteiger partial charge in [-0.25, -0.2) is 4.98 Å². The van der Waals surface area contributed by atoms with Gasteiger partial charge in [0.2, 0.25) is 0 Å². The molecular weight excluding hydrogens is 258 g/mol. The van der Waals surface area contributed by atoms with Crippen LogP contribution in [0.15, 0.2) is 53.0 Å². The van der Waals surface area contributed by atoms with Gasteiger partial charge in [0.05, 0.1) is 5.52 Å². The van der Waals surface area contributed by atoms with Crippen LogP contribution >= 0.6 is 11.3 Å². The predicted molar refractivity (Wildman–Crippen MR) is 74.9 cm³/mol. The molecule has 0 saturated carbocycles. The van der Waals surface area contributed by atoms with Gasteiger partial charge in [0.25, 0.3) is 5.91 Å². The van der Waals surface area contributed by atoms with Gasteiger partial charge in [0.15, 0.2) is 4.80 Å². The van der Waals surface area contributed by atoms with Crippen molar-refractivity contribution in [1.29, 1.82) is 0 Å². The molecule has 0 aliphatic heterocycles. The monoisotopic (exact) mass is 269 g/mol. The van der Waals surface area contributed by atoms with Crippen LogP contribution in [-0.2, 0) is 7.05 Å². The summed E-state index contributed by atoms with van der Waals surface area (Å²) in [7, 11) is 1.86. The molecule has 0 saturated heterocycles. The number of hydrogen-bond acceptors (Lipinski definition) is 3. The van der Waals surface area contributed by atoms with Crippen molar-refractivity contribution in [2.75, 3.05) is 0 Å². The van der Waals surface area contributed by atoms with Crippen LogP contribution in [0, 0.1) is 0 Å². The SMILES string of the molecule is Cn1ccsc1=NC(=O)c1ccc2ccccc2n1. The molecule has 0 unspecified atom stereocenters. The molecule has 4 nitrogen and oxygen atoms in total. The van der Waals surface area contributed by atoms with Crippen molar-refractivity contribution < 1.29 is 4.79 Å². The number of nitrogens with zero attached hydrogens (tertiary/aromatic N) is 3. The Morgan fingerprint density at radius 3 is 2.89 bits per heavy atom. The van der Waals surface area contributed by atoms with Crippen molar-refractivity contribution in [1.82, 2.24) is 9.55 Å². The number of carbonyl (C=O) groups excluding carboxylic acids is 1. The summed E-state index contributed by atoms with van der Waals surface area (Å²) in [6.07, 6.45) is 1.87. The molecule has 0 spiro atoms. The maximum absolute atomic E-state index is 12.1. The van der Waals surface area contributed by atoms with Gasteiger partial charge in [-0.05, 0) is 12.1 Å². The Hall–Kier alpha value is -2.27. The molecule has 0 fully saturated rings. The number of benzene rings is 1. The van der Waals surface area contributed by atoms with Gasteiger partial charge in [-0.15, -0.1) is 11.3 Å². The van der Waals surface area contributed by atoms with Crippen LogP contribution in [0.5, 0.6) is 0 Å². The van der Waals surface area contributed by atoms with Crippen LogP contribution in [0.4, 0.5) is 0 Å². The summed E-state index contributed by atoms with van der Waals surface area (Å²) in [5, 5.41) is 2.90. The highest BCUT2D eigenvalue weighted by Crippen LogP contribution is 2.12. The molecule has 0 N–H and O–H groups in total. The first kappa shape index (κ1) is 11.8. The number of rotatable bonds is 1. The van der Waals surface area contributed by atoms with Gasteiger partial charge in [0, 0.05) is 24.0 Å². The van der Waals surface area contributed by atoms with E-state index in [-0.39, 0.29) is 5.91 Å². The minimum absolute atomic E-state index is 0.316. The highest BCUT2D eigenvalue weighted by Gasteiger charge is 2.07. The van der Waals surface area contributed by atoms with Crippen molar-refractivity contribution in [3.05, 3.63) is 58.5 Å². The van der Waals surface area contributed by atoms with E-state index in [1.165, 1.54) is 11.3 Å². The summed E-state index contributed by atoms with van der Waals surface area (Å²) in [6, 6.07) is 11.3. The van der Waals surface area contributed by atoms with Crippen LogP contribution < -0.4 is 4.80 Å². The number of carbonyl (C=O) groups is 1. The predicted octanol–water partition coefficient (Wildman–Crippen LogP) is 2.38. The molecular formula is C14H11N3OS. The molecule has 94 valence electrons. The van der Waals surface area contributed by atoms with E-state index in [0.29, 0.717) is 10.5 Å². The molecule has 19 heavy (non-hydrogen) atoms. The van der Waals surface area contributed by atoms with Gasteiger partial charge in [-0.3, -0.25) is 4.79 Å². The van der Waals surface area contributed by atoms with Crippen molar-refractivity contribution in [3.8, 4) is 0 Å². The number of amides is 1. The summed E-state index contributed by atoms with van der Waals surface area (Å²) in [6.45, 7) is 0. The second kappa shape index (κ2) is 4.78. The average molecular weight is 269 g/mol. The van der Waals surface area contributed by atoms with Crippen molar-refractivity contribution in [3.63, 3.8) is 0 Å².